The Morgan fingerprint density at radius 2 is 1.74 bits per heavy atom. The van der Waals surface area contributed by atoms with Gasteiger partial charge in [0.05, 0.1) is 5.56 Å². The van der Waals surface area contributed by atoms with Crippen LogP contribution in [0.15, 0.2) is 78.9 Å². The van der Waals surface area contributed by atoms with Crippen LogP contribution in [0.3, 0.4) is 0 Å². The fourth-order valence-corrected chi connectivity index (χ4v) is 6.21. The van der Waals surface area contributed by atoms with E-state index < -0.39 is 5.97 Å². The van der Waals surface area contributed by atoms with Crippen LogP contribution < -0.4 is 5.32 Å². The van der Waals surface area contributed by atoms with Crippen LogP contribution in [0.4, 0.5) is 0 Å². The summed E-state index contributed by atoms with van der Waals surface area (Å²) in [7, 11) is 0. The van der Waals surface area contributed by atoms with Gasteiger partial charge >= 0.3 is 5.97 Å². The van der Waals surface area contributed by atoms with Crippen LogP contribution in [0.2, 0.25) is 0 Å². The molecule has 0 bridgehead atoms. The van der Waals surface area contributed by atoms with Crippen LogP contribution in [-0.4, -0.2) is 17.6 Å². The highest BCUT2D eigenvalue weighted by atomic mass is 35.5. The molecule has 0 aromatic heterocycles. The van der Waals surface area contributed by atoms with Crippen molar-refractivity contribution in [1.82, 2.24) is 5.32 Å². The van der Waals surface area contributed by atoms with Gasteiger partial charge in [-0.1, -0.05) is 72.8 Å². The van der Waals surface area contributed by atoms with E-state index in [1.165, 1.54) is 27.5 Å². The second kappa shape index (κ2) is 12.1. The number of benzene rings is 4. The minimum atomic E-state index is -0.838. The second-order valence-electron chi connectivity index (χ2n) is 10.8. The molecule has 3 nitrogen and oxygen atoms in total. The molecule has 4 aromatic rings. The molecule has 0 saturated carbocycles. The Morgan fingerprint density at radius 3 is 2.55 bits per heavy atom. The topological polar surface area (TPSA) is 49.3 Å². The number of carbonyl (C=O) groups is 1. The highest BCUT2D eigenvalue weighted by molar-refractivity contribution is 5.90. The van der Waals surface area contributed by atoms with E-state index in [1.54, 1.807) is 0 Å². The first kappa shape index (κ1) is 27.9. The minimum Gasteiger partial charge on any atom is -0.478 e. The second-order valence-corrected chi connectivity index (χ2v) is 10.8. The van der Waals surface area contributed by atoms with Crippen molar-refractivity contribution in [2.24, 2.45) is 5.92 Å². The molecule has 1 aliphatic carbocycles. The third-order valence-corrected chi connectivity index (χ3v) is 8.36. The van der Waals surface area contributed by atoms with Crippen LogP contribution in [0, 0.1) is 19.8 Å². The number of carboxylic acid groups (broad SMARTS) is 1. The lowest BCUT2D eigenvalue weighted by atomic mass is 9.72. The summed E-state index contributed by atoms with van der Waals surface area (Å²) in [4.78, 5) is 11.9. The van der Waals surface area contributed by atoms with Gasteiger partial charge in [0.15, 0.2) is 0 Å². The predicted molar refractivity (Wildman–Crippen MR) is 160 cm³/mol. The smallest absolute Gasteiger partial charge is 0.335 e. The first-order valence-corrected chi connectivity index (χ1v) is 13.6. The molecule has 0 fully saturated rings. The Morgan fingerprint density at radius 1 is 1.00 bits per heavy atom. The number of halogens is 1. The zero-order chi connectivity index (χ0) is 25.9. The number of carboxylic acids is 1. The predicted octanol–water partition coefficient (Wildman–Crippen LogP) is 8.40. The number of aromatic carboxylic acids is 1. The summed E-state index contributed by atoms with van der Waals surface area (Å²) < 4.78 is 0. The van der Waals surface area contributed by atoms with E-state index in [2.05, 4.69) is 85.0 Å². The molecule has 4 heteroatoms. The normalized spacial score (nSPS) is 17.4. The third kappa shape index (κ3) is 5.80. The van der Waals surface area contributed by atoms with E-state index in [0.29, 0.717) is 17.5 Å². The fraction of sp³-hybridized carbons (Fsp3) is 0.324. The Balaban J connectivity index is 0.00000336. The van der Waals surface area contributed by atoms with E-state index in [0.717, 1.165) is 48.9 Å². The van der Waals surface area contributed by atoms with Gasteiger partial charge in [-0.2, -0.15) is 0 Å². The molecule has 0 radical (unpaired) electrons. The molecule has 0 heterocycles. The first-order chi connectivity index (χ1) is 17.9. The largest absolute Gasteiger partial charge is 0.478 e. The Labute approximate surface area is 232 Å². The van der Waals surface area contributed by atoms with E-state index in [-0.39, 0.29) is 18.3 Å². The SMILES string of the molecule is Cc1cc(C2CC(CCCN[C@H](C)c3cccc4ccccc34)Cc3ccccc32)cc(C(=O)O)c1C.Cl. The van der Waals surface area contributed by atoms with Crippen molar-refractivity contribution in [3.8, 4) is 0 Å². The number of hydrogen-bond donors (Lipinski definition) is 2. The summed E-state index contributed by atoms with van der Waals surface area (Å²) in [6, 6.07) is 28.3. The van der Waals surface area contributed by atoms with Gasteiger partial charge in [-0.25, -0.2) is 4.79 Å². The molecule has 5 rings (SSSR count). The van der Waals surface area contributed by atoms with E-state index >= 15 is 0 Å². The molecule has 1 aliphatic rings. The van der Waals surface area contributed by atoms with Gasteiger partial charge in [0.2, 0.25) is 0 Å². The maximum Gasteiger partial charge on any atom is 0.335 e. The zero-order valence-electron chi connectivity index (χ0n) is 22.5. The van der Waals surface area contributed by atoms with Crippen molar-refractivity contribution in [3.05, 3.63) is 118 Å². The summed E-state index contributed by atoms with van der Waals surface area (Å²) in [6.45, 7) is 7.18. The summed E-state index contributed by atoms with van der Waals surface area (Å²) in [5.41, 5.74) is 7.62. The number of nitrogens with one attached hydrogen (secondary N) is 1. The maximum atomic E-state index is 11.9. The van der Waals surface area contributed by atoms with Crippen molar-refractivity contribution >= 4 is 29.1 Å². The highest BCUT2D eigenvalue weighted by Gasteiger charge is 2.29. The van der Waals surface area contributed by atoms with Gasteiger partial charge in [-0.15, -0.1) is 12.4 Å². The van der Waals surface area contributed by atoms with Crippen LogP contribution in [0.5, 0.6) is 0 Å². The van der Waals surface area contributed by atoms with E-state index in [9.17, 15) is 9.90 Å². The molecule has 0 saturated heterocycles. The van der Waals surface area contributed by atoms with Crippen molar-refractivity contribution < 1.29 is 9.90 Å². The number of fused-ring (bicyclic) bond motifs is 2. The summed E-state index contributed by atoms with van der Waals surface area (Å²) in [6.07, 6.45) is 4.46. The van der Waals surface area contributed by atoms with Crippen molar-refractivity contribution in [1.29, 1.82) is 0 Å². The number of aryl methyl sites for hydroxylation is 1. The average molecular weight is 528 g/mol. The molecule has 198 valence electrons. The van der Waals surface area contributed by atoms with Crippen LogP contribution in [-0.2, 0) is 6.42 Å². The molecule has 2 unspecified atom stereocenters. The summed E-state index contributed by atoms with van der Waals surface area (Å²) >= 11 is 0. The Kier molecular flexibility index (Phi) is 8.91. The highest BCUT2D eigenvalue weighted by Crippen LogP contribution is 2.41. The van der Waals surface area contributed by atoms with Gasteiger partial charge < -0.3 is 10.4 Å². The van der Waals surface area contributed by atoms with E-state index in [4.69, 9.17) is 0 Å². The number of hydrogen-bond acceptors (Lipinski definition) is 2. The molecule has 4 aromatic carbocycles. The molecule has 0 spiro atoms. The van der Waals surface area contributed by atoms with Gasteiger partial charge in [0, 0.05) is 12.0 Å². The van der Waals surface area contributed by atoms with Gasteiger partial charge in [-0.05, 0) is 109 Å². The van der Waals surface area contributed by atoms with Gasteiger partial charge in [0.1, 0.15) is 0 Å². The standard InChI is InChI=1S/C34H37NO2.ClH/c1-22-18-28(21-32(23(22)2)34(36)37)33-20-25(19-27-12-5-7-15-31(27)33)10-9-17-35-24(3)29-16-8-13-26-11-4-6-14-30(26)29;/h4-8,11-16,18,21,24-25,33,35H,9-10,17,19-20H2,1-3H3,(H,36,37);1H/t24-,25?,33?;/m1./s1. The minimum absolute atomic E-state index is 0. The molecular formula is C34H38ClNO2. The first-order valence-electron chi connectivity index (χ1n) is 13.6. The quantitative estimate of drug-likeness (QED) is 0.226. The molecule has 0 aliphatic heterocycles. The molecular weight excluding hydrogens is 490 g/mol. The lowest BCUT2D eigenvalue weighted by Crippen LogP contribution is -2.23. The van der Waals surface area contributed by atoms with E-state index in [1.807, 2.05) is 19.9 Å². The van der Waals surface area contributed by atoms with Crippen molar-refractivity contribution in [2.75, 3.05) is 6.54 Å². The monoisotopic (exact) mass is 527 g/mol. The Hall–Kier alpha value is -3.14. The molecule has 0 amide bonds. The Bertz CT molecular complexity index is 1420. The lowest BCUT2D eigenvalue weighted by molar-refractivity contribution is 0.0696. The molecule has 3 atom stereocenters. The van der Waals surface area contributed by atoms with Crippen LogP contribution >= 0.6 is 12.4 Å². The van der Waals surface area contributed by atoms with Crippen molar-refractivity contribution in [3.63, 3.8) is 0 Å². The van der Waals surface area contributed by atoms with Crippen molar-refractivity contribution in [2.45, 2.75) is 58.4 Å². The zero-order valence-corrected chi connectivity index (χ0v) is 23.4. The average Bonchev–Trinajstić information content (AvgIpc) is 2.91. The fourth-order valence-electron chi connectivity index (χ4n) is 6.21. The number of rotatable bonds is 8. The maximum absolute atomic E-state index is 11.9. The summed E-state index contributed by atoms with van der Waals surface area (Å²) in [5, 5.41) is 16.2. The summed E-state index contributed by atoms with van der Waals surface area (Å²) in [5.74, 6) is -0.00570. The van der Waals surface area contributed by atoms with Gasteiger partial charge in [0.25, 0.3) is 0 Å². The lowest BCUT2D eigenvalue weighted by Gasteiger charge is -2.33. The third-order valence-electron chi connectivity index (χ3n) is 8.36. The molecule has 2 N–H and O–H groups in total. The molecule has 38 heavy (non-hydrogen) atoms. The van der Waals surface area contributed by atoms with Crippen LogP contribution in [0.25, 0.3) is 10.8 Å². The van der Waals surface area contributed by atoms with Crippen LogP contribution in [0.1, 0.15) is 81.9 Å². The van der Waals surface area contributed by atoms with Gasteiger partial charge in [-0.3, -0.25) is 0 Å².